The van der Waals surface area contributed by atoms with Crippen molar-refractivity contribution >= 4 is 11.7 Å². The number of anilines is 1. The minimum Gasteiger partial charge on any atom is -0.462 e. The van der Waals surface area contributed by atoms with Crippen molar-refractivity contribution in [3.05, 3.63) is 41.9 Å². The molecule has 0 saturated heterocycles. The first-order valence-electron chi connectivity index (χ1n) is 4.97. The Labute approximate surface area is 98.3 Å². The van der Waals surface area contributed by atoms with Crippen LogP contribution in [0.3, 0.4) is 0 Å². The molecule has 1 rings (SSSR count). The molecule has 0 atom stereocenters. The van der Waals surface area contributed by atoms with Crippen LogP contribution in [0.2, 0.25) is 0 Å². The van der Waals surface area contributed by atoms with Crippen LogP contribution in [0.4, 0.5) is 10.1 Å². The molecule has 0 heterocycles. The van der Waals surface area contributed by atoms with Crippen molar-refractivity contribution in [2.75, 3.05) is 11.9 Å². The topological polar surface area (TPSA) is 62.1 Å². The van der Waals surface area contributed by atoms with Gasteiger partial charge in [-0.3, -0.25) is 0 Å². The Kier molecular flexibility index (Phi) is 4.70. The van der Waals surface area contributed by atoms with Crippen LogP contribution in [-0.4, -0.2) is 12.6 Å². The fraction of sp³-hybridized carbons (Fsp3) is 0.167. The monoisotopic (exact) mass is 234 g/mol. The number of nitrogens with one attached hydrogen (secondary N) is 1. The van der Waals surface area contributed by atoms with Crippen molar-refractivity contribution in [1.82, 2.24) is 0 Å². The van der Waals surface area contributed by atoms with Crippen molar-refractivity contribution in [2.45, 2.75) is 6.92 Å². The Morgan fingerprint density at radius 2 is 2.29 bits per heavy atom. The fourth-order valence-electron chi connectivity index (χ4n) is 1.07. The van der Waals surface area contributed by atoms with E-state index in [1.165, 1.54) is 12.1 Å². The summed E-state index contributed by atoms with van der Waals surface area (Å²) < 4.78 is 17.9. The van der Waals surface area contributed by atoms with Crippen LogP contribution in [0.5, 0.6) is 0 Å². The Hall–Kier alpha value is -2.35. The maximum atomic E-state index is 13.2. The van der Waals surface area contributed by atoms with Gasteiger partial charge in [-0.05, 0) is 19.1 Å². The molecule has 0 aromatic heterocycles. The number of esters is 1. The van der Waals surface area contributed by atoms with Gasteiger partial charge in [-0.15, -0.1) is 0 Å². The van der Waals surface area contributed by atoms with Crippen molar-refractivity contribution < 1.29 is 13.9 Å². The highest BCUT2D eigenvalue weighted by Gasteiger charge is 2.09. The smallest absolute Gasteiger partial charge is 0.350 e. The Balaban J connectivity index is 2.79. The first-order chi connectivity index (χ1) is 8.19. The lowest BCUT2D eigenvalue weighted by atomic mass is 10.3. The molecule has 0 unspecified atom stereocenters. The van der Waals surface area contributed by atoms with Gasteiger partial charge in [0, 0.05) is 6.20 Å². The van der Waals surface area contributed by atoms with Gasteiger partial charge in [0.05, 0.1) is 12.3 Å². The zero-order valence-electron chi connectivity index (χ0n) is 9.24. The van der Waals surface area contributed by atoms with Gasteiger partial charge in [-0.25, -0.2) is 9.18 Å². The summed E-state index contributed by atoms with van der Waals surface area (Å²) in [5.74, 6) is -1.20. The first-order valence-corrected chi connectivity index (χ1v) is 4.97. The van der Waals surface area contributed by atoms with Crippen molar-refractivity contribution in [1.29, 1.82) is 5.26 Å². The zero-order valence-corrected chi connectivity index (χ0v) is 9.24. The third-order valence-corrected chi connectivity index (χ3v) is 1.86. The maximum absolute atomic E-state index is 13.2. The van der Waals surface area contributed by atoms with Crippen LogP contribution in [0.1, 0.15) is 6.92 Å². The molecule has 4 nitrogen and oxygen atoms in total. The first kappa shape index (κ1) is 12.7. The van der Waals surface area contributed by atoms with E-state index in [1.54, 1.807) is 25.1 Å². The molecule has 0 aliphatic carbocycles. The number of hydrogen-bond acceptors (Lipinski definition) is 4. The van der Waals surface area contributed by atoms with Crippen LogP contribution in [0.15, 0.2) is 36.0 Å². The van der Waals surface area contributed by atoms with Gasteiger partial charge >= 0.3 is 5.97 Å². The van der Waals surface area contributed by atoms with Gasteiger partial charge in [0.25, 0.3) is 0 Å². The van der Waals surface area contributed by atoms with Crippen molar-refractivity contribution in [3.8, 4) is 6.07 Å². The summed E-state index contributed by atoms with van der Waals surface area (Å²) >= 11 is 0. The molecule has 17 heavy (non-hydrogen) atoms. The highest BCUT2D eigenvalue weighted by molar-refractivity contribution is 5.93. The van der Waals surface area contributed by atoms with Gasteiger partial charge in [0.2, 0.25) is 0 Å². The maximum Gasteiger partial charge on any atom is 0.350 e. The number of nitriles is 1. The summed E-state index contributed by atoms with van der Waals surface area (Å²) in [7, 11) is 0. The van der Waals surface area contributed by atoms with E-state index in [1.807, 2.05) is 0 Å². The number of ether oxygens (including phenoxy) is 1. The van der Waals surface area contributed by atoms with E-state index in [2.05, 4.69) is 10.1 Å². The van der Waals surface area contributed by atoms with E-state index < -0.39 is 11.8 Å². The van der Waals surface area contributed by atoms with Crippen LogP contribution in [-0.2, 0) is 9.53 Å². The standard InChI is InChI=1S/C12H11FN2O2/c1-2-17-12(16)9(7-14)8-15-11-6-4-3-5-10(11)13/h3-6,8,15H,2H2,1H3. The highest BCUT2D eigenvalue weighted by Crippen LogP contribution is 2.12. The molecule has 0 radical (unpaired) electrons. The largest absolute Gasteiger partial charge is 0.462 e. The van der Waals surface area contributed by atoms with Gasteiger partial charge in [0.15, 0.2) is 5.57 Å². The predicted molar refractivity (Wildman–Crippen MR) is 60.4 cm³/mol. The van der Waals surface area contributed by atoms with Crippen molar-refractivity contribution in [3.63, 3.8) is 0 Å². The lowest BCUT2D eigenvalue weighted by Crippen LogP contribution is -2.08. The number of para-hydroxylation sites is 1. The van der Waals surface area contributed by atoms with E-state index >= 15 is 0 Å². The van der Waals surface area contributed by atoms with Crippen molar-refractivity contribution in [2.24, 2.45) is 0 Å². The second kappa shape index (κ2) is 6.28. The average molecular weight is 234 g/mol. The Morgan fingerprint density at radius 1 is 1.59 bits per heavy atom. The minimum atomic E-state index is -0.737. The number of halogens is 1. The molecule has 0 fully saturated rings. The molecule has 1 N–H and O–H groups in total. The average Bonchev–Trinajstić information content (AvgIpc) is 2.32. The number of rotatable bonds is 4. The molecule has 0 aliphatic rings. The fourth-order valence-corrected chi connectivity index (χ4v) is 1.07. The quantitative estimate of drug-likeness (QED) is 0.493. The molecule has 5 heteroatoms. The lowest BCUT2D eigenvalue weighted by molar-refractivity contribution is -0.138. The van der Waals surface area contributed by atoms with Crippen LogP contribution in [0.25, 0.3) is 0 Å². The summed E-state index contributed by atoms with van der Waals surface area (Å²) in [6.45, 7) is 1.81. The number of carbonyl (C=O) groups excluding carboxylic acids is 1. The SMILES string of the molecule is CCOC(=O)C(C#N)=CNc1ccccc1F. The summed E-state index contributed by atoms with van der Waals surface area (Å²) in [6, 6.07) is 7.62. The minimum absolute atomic E-state index is 0.178. The highest BCUT2D eigenvalue weighted by atomic mass is 19.1. The van der Waals surface area contributed by atoms with E-state index in [0.29, 0.717) is 0 Å². The zero-order chi connectivity index (χ0) is 12.7. The molecular formula is C12H11FN2O2. The Morgan fingerprint density at radius 3 is 2.88 bits per heavy atom. The molecule has 0 saturated carbocycles. The van der Waals surface area contributed by atoms with Crippen LogP contribution in [0, 0.1) is 17.1 Å². The molecule has 0 amide bonds. The normalized spacial score (nSPS) is 10.5. The number of nitrogens with zero attached hydrogens (tertiary/aromatic N) is 1. The molecule has 0 spiro atoms. The third-order valence-electron chi connectivity index (χ3n) is 1.86. The predicted octanol–water partition coefficient (Wildman–Crippen LogP) is 2.21. The molecule has 0 bridgehead atoms. The van der Waals surface area contributed by atoms with E-state index in [-0.39, 0.29) is 17.9 Å². The summed E-state index contributed by atoms with van der Waals surface area (Å²) in [5.41, 5.74) is -0.0281. The lowest BCUT2D eigenvalue weighted by Gasteiger charge is -2.03. The second-order valence-electron chi connectivity index (χ2n) is 3.01. The van der Waals surface area contributed by atoms with Crippen LogP contribution >= 0.6 is 0 Å². The molecule has 0 aliphatic heterocycles. The molecule has 1 aromatic carbocycles. The molecular weight excluding hydrogens is 223 g/mol. The summed E-state index contributed by atoms with van der Waals surface area (Å²) in [4.78, 5) is 11.2. The number of hydrogen-bond donors (Lipinski definition) is 1. The summed E-state index contributed by atoms with van der Waals surface area (Å²) in [6.07, 6.45) is 1.12. The van der Waals surface area contributed by atoms with E-state index in [4.69, 9.17) is 5.26 Å². The third kappa shape index (κ3) is 3.61. The van der Waals surface area contributed by atoms with Gasteiger partial charge < -0.3 is 10.1 Å². The Bertz CT molecular complexity index is 478. The van der Waals surface area contributed by atoms with E-state index in [9.17, 15) is 9.18 Å². The van der Waals surface area contributed by atoms with Gasteiger partial charge in [0.1, 0.15) is 11.9 Å². The molecule has 88 valence electrons. The molecule has 1 aromatic rings. The van der Waals surface area contributed by atoms with Gasteiger partial charge in [-0.2, -0.15) is 5.26 Å². The summed E-state index contributed by atoms with van der Waals surface area (Å²) in [5, 5.41) is 11.3. The van der Waals surface area contributed by atoms with Crippen LogP contribution < -0.4 is 5.32 Å². The number of carbonyl (C=O) groups is 1. The number of benzene rings is 1. The second-order valence-corrected chi connectivity index (χ2v) is 3.01. The van der Waals surface area contributed by atoms with Gasteiger partial charge in [-0.1, -0.05) is 12.1 Å². The van der Waals surface area contributed by atoms with E-state index in [0.717, 1.165) is 6.20 Å².